The number of ether oxygens (including phenoxy) is 2. The number of benzene rings is 2. The Hall–Kier alpha value is -2.07. The summed E-state index contributed by atoms with van der Waals surface area (Å²) in [7, 11) is 3.00. The van der Waals surface area contributed by atoms with Gasteiger partial charge in [0.2, 0.25) is 0 Å². The molecule has 0 radical (unpaired) electrons. The van der Waals surface area contributed by atoms with Crippen LogP contribution in [0.5, 0.6) is 11.5 Å². The molecular weight excluding hydrogens is 295 g/mol. The summed E-state index contributed by atoms with van der Waals surface area (Å²) in [5, 5.41) is 0.0740. The van der Waals surface area contributed by atoms with Crippen LogP contribution in [0.3, 0.4) is 0 Å². The van der Waals surface area contributed by atoms with E-state index in [1.807, 2.05) is 0 Å². The van der Waals surface area contributed by atoms with E-state index in [-0.39, 0.29) is 16.4 Å². The zero-order valence-corrected chi connectivity index (χ0v) is 12.6. The van der Waals surface area contributed by atoms with E-state index < -0.39 is 5.82 Å². The molecule has 0 aliphatic heterocycles. The summed E-state index contributed by atoms with van der Waals surface area (Å²) in [6.45, 7) is 1.58. The molecule has 0 aliphatic carbocycles. The number of hydrogen-bond donors (Lipinski definition) is 0. The van der Waals surface area contributed by atoms with Gasteiger partial charge in [-0.2, -0.15) is 0 Å². The van der Waals surface area contributed by atoms with Crippen molar-refractivity contribution in [3.8, 4) is 11.5 Å². The lowest BCUT2D eigenvalue weighted by Gasteiger charge is -2.09. The summed E-state index contributed by atoms with van der Waals surface area (Å²) in [5.41, 5.74) is 0.961. The predicted octanol–water partition coefficient (Wildman–Crippen LogP) is 4.04. The molecule has 0 aliphatic rings. The largest absolute Gasteiger partial charge is 0.497 e. The van der Waals surface area contributed by atoms with Gasteiger partial charge in [0, 0.05) is 17.2 Å². The number of carbonyl (C=O) groups excluding carboxylic acids is 1. The minimum Gasteiger partial charge on any atom is -0.497 e. The van der Waals surface area contributed by atoms with Crippen molar-refractivity contribution in [1.82, 2.24) is 0 Å². The fourth-order valence-electron chi connectivity index (χ4n) is 1.93. The van der Waals surface area contributed by atoms with Gasteiger partial charge < -0.3 is 9.47 Å². The Labute approximate surface area is 127 Å². The second kappa shape index (κ2) is 6.14. The van der Waals surface area contributed by atoms with Crippen molar-refractivity contribution < 1.29 is 18.7 Å². The summed E-state index contributed by atoms with van der Waals surface area (Å²) < 4.78 is 23.7. The molecule has 0 spiro atoms. The highest BCUT2D eigenvalue weighted by Gasteiger charge is 2.17. The van der Waals surface area contributed by atoms with E-state index in [2.05, 4.69) is 0 Å². The Morgan fingerprint density at radius 2 is 1.62 bits per heavy atom. The van der Waals surface area contributed by atoms with Gasteiger partial charge in [-0.25, -0.2) is 4.39 Å². The first kappa shape index (κ1) is 15.3. The second-order valence-corrected chi connectivity index (χ2v) is 4.92. The molecule has 2 aromatic rings. The van der Waals surface area contributed by atoms with Gasteiger partial charge in [0.05, 0.1) is 19.2 Å². The third kappa shape index (κ3) is 3.16. The van der Waals surface area contributed by atoms with Crippen molar-refractivity contribution in [3.05, 3.63) is 57.9 Å². The molecule has 0 heterocycles. The maximum atomic E-state index is 13.4. The van der Waals surface area contributed by atoms with E-state index in [9.17, 15) is 9.18 Å². The zero-order valence-electron chi connectivity index (χ0n) is 11.9. The zero-order chi connectivity index (χ0) is 15.6. The first-order valence-corrected chi connectivity index (χ1v) is 6.57. The normalized spacial score (nSPS) is 10.3. The fraction of sp³-hybridized carbons (Fsp3) is 0.188. The van der Waals surface area contributed by atoms with Crippen LogP contribution in [0.15, 0.2) is 30.3 Å². The first-order chi connectivity index (χ1) is 9.96. The van der Waals surface area contributed by atoms with Crippen LogP contribution in [-0.2, 0) is 0 Å². The monoisotopic (exact) mass is 308 g/mol. The average Bonchev–Trinajstić information content (AvgIpc) is 2.49. The van der Waals surface area contributed by atoms with Crippen LogP contribution in [0.2, 0.25) is 5.02 Å². The van der Waals surface area contributed by atoms with Gasteiger partial charge in [0.15, 0.2) is 5.78 Å². The molecule has 3 nitrogen and oxygen atoms in total. The van der Waals surface area contributed by atoms with Crippen LogP contribution >= 0.6 is 11.6 Å². The van der Waals surface area contributed by atoms with Crippen molar-refractivity contribution >= 4 is 17.4 Å². The summed E-state index contributed by atoms with van der Waals surface area (Å²) in [6, 6.07) is 7.40. The first-order valence-electron chi connectivity index (χ1n) is 6.19. The maximum Gasteiger partial charge on any atom is 0.194 e. The highest BCUT2D eigenvalue weighted by molar-refractivity contribution is 6.35. The minimum absolute atomic E-state index is 0.0740. The smallest absolute Gasteiger partial charge is 0.194 e. The fourth-order valence-corrected chi connectivity index (χ4v) is 2.16. The average molecular weight is 309 g/mol. The Morgan fingerprint density at radius 3 is 2.14 bits per heavy atom. The molecule has 0 bridgehead atoms. The van der Waals surface area contributed by atoms with E-state index in [1.54, 1.807) is 25.1 Å². The molecule has 2 rings (SSSR count). The van der Waals surface area contributed by atoms with Gasteiger partial charge in [0.1, 0.15) is 17.3 Å². The molecule has 0 saturated heterocycles. The lowest BCUT2D eigenvalue weighted by atomic mass is 10.0. The standard InChI is InChI=1S/C16H14ClFO3/c1-9-4-13(14(17)8-15(9)18)16(19)10-5-11(20-2)7-12(6-10)21-3/h4-8H,1-3H3. The number of aryl methyl sites for hydroxylation is 1. The van der Waals surface area contributed by atoms with E-state index in [4.69, 9.17) is 21.1 Å². The van der Waals surface area contributed by atoms with Crippen molar-refractivity contribution in [2.24, 2.45) is 0 Å². The van der Waals surface area contributed by atoms with Crippen LogP contribution in [0, 0.1) is 12.7 Å². The lowest BCUT2D eigenvalue weighted by molar-refractivity contribution is 0.103. The molecule has 0 fully saturated rings. The van der Waals surface area contributed by atoms with Gasteiger partial charge in [-0.05, 0) is 36.8 Å². The van der Waals surface area contributed by atoms with Crippen LogP contribution in [0.25, 0.3) is 0 Å². The van der Waals surface area contributed by atoms with Gasteiger partial charge in [-0.15, -0.1) is 0 Å². The summed E-state index contributed by atoms with van der Waals surface area (Å²) in [4.78, 5) is 12.5. The van der Waals surface area contributed by atoms with Crippen LogP contribution < -0.4 is 9.47 Å². The predicted molar refractivity (Wildman–Crippen MR) is 79.1 cm³/mol. The Balaban J connectivity index is 2.52. The van der Waals surface area contributed by atoms with Crippen molar-refractivity contribution in [1.29, 1.82) is 0 Å². The molecule has 110 valence electrons. The molecule has 2 aromatic carbocycles. The molecule has 21 heavy (non-hydrogen) atoms. The third-order valence-corrected chi connectivity index (χ3v) is 3.42. The summed E-state index contributed by atoms with van der Waals surface area (Å²) in [5.74, 6) is 0.223. The summed E-state index contributed by atoms with van der Waals surface area (Å²) >= 11 is 5.97. The Bertz CT molecular complexity index is 676. The molecule has 0 aromatic heterocycles. The number of halogens is 2. The number of methoxy groups -OCH3 is 2. The molecule has 5 heteroatoms. The van der Waals surface area contributed by atoms with Crippen molar-refractivity contribution in [2.75, 3.05) is 14.2 Å². The van der Waals surface area contributed by atoms with Crippen molar-refractivity contribution in [3.63, 3.8) is 0 Å². The molecule has 0 atom stereocenters. The topological polar surface area (TPSA) is 35.5 Å². The molecule has 0 amide bonds. The van der Waals surface area contributed by atoms with E-state index >= 15 is 0 Å². The minimum atomic E-state index is -0.445. The SMILES string of the molecule is COc1cc(OC)cc(C(=O)c2cc(C)c(F)cc2Cl)c1. The highest BCUT2D eigenvalue weighted by Crippen LogP contribution is 2.27. The summed E-state index contributed by atoms with van der Waals surface area (Å²) in [6.07, 6.45) is 0. The number of rotatable bonds is 4. The van der Waals surface area contributed by atoms with Crippen molar-refractivity contribution in [2.45, 2.75) is 6.92 Å². The van der Waals surface area contributed by atoms with E-state index in [1.165, 1.54) is 20.3 Å². The number of hydrogen-bond acceptors (Lipinski definition) is 3. The van der Waals surface area contributed by atoms with Gasteiger partial charge in [-0.3, -0.25) is 4.79 Å². The molecule has 0 saturated carbocycles. The quantitative estimate of drug-likeness (QED) is 0.800. The Morgan fingerprint density at radius 1 is 1.05 bits per heavy atom. The lowest BCUT2D eigenvalue weighted by Crippen LogP contribution is -2.04. The number of carbonyl (C=O) groups is 1. The molecule has 0 unspecified atom stereocenters. The van der Waals surface area contributed by atoms with E-state index in [0.29, 0.717) is 22.6 Å². The third-order valence-electron chi connectivity index (χ3n) is 3.11. The van der Waals surface area contributed by atoms with Crippen LogP contribution in [0.1, 0.15) is 21.5 Å². The molecular formula is C16H14ClFO3. The van der Waals surface area contributed by atoms with Gasteiger partial charge >= 0.3 is 0 Å². The highest BCUT2D eigenvalue weighted by atomic mass is 35.5. The van der Waals surface area contributed by atoms with E-state index in [0.717, 1.165) is 6.07 Å². The van der Waals surface area contributed by atoms with Crippen LogP contribution in [-0.4, -0.2) is 20.0 Å². The maximum absolute atomic E-state index is 13.4. The second-order valence-electron chi connectivity index (χ2n) is 4.51. The number of ketones is 1. The Kier molecular flexibility index (Phi) is 4.48. The van der Waals surface area contributed by atoms with Crippen LogP contribution in [0.4, 0.5) is 4.39 Å². The van der Waals surface area contributed by atoms with Gasteiger partial charge in [0.25, 0.3) is 0 Å². The van der Waals surface area contributed by atoms with Gasteiger partial charge in [-0.1, -0.05) is 11.6 Å². The molecule has 0 N–H and O–H groups in total.